The molecule has 0 aliphatic rings. The molecular formula is C17H13ClF2N2O. The maximum Gasteiger partial charge on any atom is 0.154 e. The molecule has 6 heteroatoms. The zero-order valence-corrected chi connectivity index (χ0v) is 12.9. The van der Waals surface area contributed by atoms with Crippen molar-refractivity contribution in [3.8, 4) is 0 Å². The summed E-state index contributed by atoms with van der Waals surface area (Å²) in [5.74, 6) is -1.54. The molecule has 0 aliphatic heterocycles. The molecule has 0 bridgehead atoms. The van der Waals surface area contributed by atoms with Gasteiger partial charge in [0.1, 0.15) is 11.6 Å². The van der Waals surface area contributed by atoms with Gasteiger partial charge in [-0.2, -0.15) is 0 Å². The van der Waals surface area contributed by atoms with Gasteiger partial charge in [0.25, 0.3) is 0 Å². The third kappa shape index (κ3) is 3.63. The summed E-state index contributed by atoms with van der Waals surface area (Å²) in [6.07, 6.45) is 0.495. The SMILES string of the molecule is CN=C(C(C=O)=C(N)c1ccc(Cl)cc1)c1ccc(F)cc1F. The van der Waals surface area contributed by atoms with Crippen LogP contribution in [0, 0.1) is 11.6 Å². The number of nitrogens with zero attached hydrogens (tertiary/aromatic N) is 1. The van der Waals surface area contributed by atoms with Crippen molar-refractivity contribution >= 4 is 29.3 Å². The fourth-order valence-corrected chi connectivity index (χ4v) is 2.23. The molecule has 0 fully saturated rings. The number of carbonyl (C=O) groups is 1. The van der Waals surface area contributed by atoms with Gasteiger partial charge in [0.15, 0.2) is 6.29 Å². The summed E-state index contributed by atoms with van der Waals surface area (Å²) < 4.78 is 27.0. The van der Waals surface area contributed by atoms with E-state index in [1.807, 2.05) is 0 Å². The maximum absolute atomic E-state index is 14.0. The van der Waals surface area contributed by atoms with Crippen LogP contribution in [-0.4, -0.2) is 19.0 Å². The van der Waals surface area contributed by atoms with Gasteiger partial charge in [-0.15, -0.1) is 0 Å². The minimum Gasteiger partial charge on any atom is -0.398 e. The van der Waals surface area contributed by atoms with Crippen molar-refractivity contribution in [1.29, 1.82) is 0 Å². The third-order valence-corrected chi connectivity index (χ3v) is 3.48. The Labute approximate surface area is 137 Å². The van der Waals surface area contributed by atoms with E-state index in [2.05, 4.69) is 4.99 Å². The number of rotatable bonds is 4. The smallest absolute Gasteiger partial charge is 0.154 e. The van der Waals surface area contributed by atoms with E-state index >= 15 is 0 Å². The second kappa shape index (κ2) is 7.15. The molecule has 0 amide bonds. The lowest BCUT2D eigenvalue weighted by Gasteiger charge is -2.11. The molecule has 0 saturated carbocycles. The van der Waals surface area contributed by atoms with Gasteiger partial charge in [-0.1, -0.05) is 23.7 Å². The Bertz CT molecular complexity index is 799. The Hall–Kier alpha value is -2.53. The second-order valence-electron chi connectivity index (χ2n) is 4.65. The molecule has 0 radical (unpaired) electrons. The number of aliphatic imine (C=N–C) groups is 1. The first-order valence-corrected chi connectivity index (χ1v) is 6.99. The minimum atomic E-state index is -0.825. The number of carbonyl (C=O) groups excluding carboxylic acids is 1. The molecule has 0 atom stereocenters. The van der Waals surface area contributed by atoms with Crippen LogP contribution in [0.25, 0.3) is 5.70 Å². The van der Waals surface area contributed by atoms with E-state index in [9.17, 15) is 13.6 Å². The van der Waals surface area contributed by atoms with Gasteiger partial charge in [0.05, 0.1) is 17.0 Å². The summed E-state index contributed by atoms with van der Waals surface area (Å²) in [4.78, 5) is 15.4. The van der Waals surface area contributed by atoms with Gasteiger partial charge < -0.3 is 5.73 Å². The number of nitrogens with two attached hydrogens (primary N) is 1. The van der Waals surface area contributed by atoms with Crippen molar-refractivity contribution < 1.29 is 13.6 Å². The molecule has 0 spiro atoms. The van der Waals surface area contributed by atoms with Crippen LogP contribution < -0.4 is 5.73 Å². The van der Waals surface area contributed by atoms with Crippen LogP contribution in [0.3, 0.4) is 0 Å². The number of hydrogen-bond acceptors (Lipinski definition) is 3. The largest absolute Gasteiger partial charge is 0.398 e. The highest BCUT2D eigenvalue weighted by Crippen LogP contribution is 2.21. The Morgan fingerprint density at radius 1 is 1.17 bits per heavy atom. The number of halogens is 3. The van der Waals surface area contributed by atoms with Gasteiger partial charge in [0, 0.05) is 23.7 Å². The predicted octanol–water partition coefficient (Wildman–Crippen LogP) is 3.61. The van der Waals surface area contributed by atoms with Crippen LogP contribution in [0.5, 0.6) is 0 Å². The van der Waals surface area contributed by atoms with Crippen LogP contribution >= 0.6 is 11.6 Å². The third-order valence-electron chi connectivity index (χ3n) is 3.23. The highest BCUT2D eigenvalue weighted by molar-refractivity contribution is 6.30. The van der Waals surface area contributed by atoms with Crippen molar-refractivity contribution in [3.05, 3.63) is 75.8 Å². The van der Waals surface area contributed by atoms with Crippen molar-refractivity contribution in [2.75, 3.05) is 7.05 Å². The van der Waals surface area contributed by atoms with E-state index < -0.39 is 11.6 Å². The van der Waals surface area contributed by atoms with Gasteiger partial charge in [-0.05, 0) is 29.8 Å². The topological polar surface area (TPSA) is 55.5 Å². The van der Waals surface area contributed by atoms with Gasteiger partial charge >= 0.3 is 0 Å². The summed E-state index contributed by atoms with van der Waals surface area (Å²) in [6, 6.07) is 9.53. The van der Waals surface area contributed by atoms with E-state index in [0.717, 1.165) is 12.1 Å². The molecule has 2 aromatic carbocycles. The van der Waals surface area contributed by atoms with Gasteiger partial charge in [-0.25, -0.2) is 8.78 Å². The summed E-state index contributed by atoms with van der Waals surface area (Å²) in [6.45, 7) is 0. The number of aldehydes is 1. The average molecular weight is 335 g/mol. The molecule has 2 rings (SSSR count). The lowest BCUT2D eigenvalue weighted by Crippen LogP contribution is -2.15. The molecule has 2 aromatic rings. The van der Waals surface area contributed by atoms with E-state index in [-0.39, 0.29) is 22.5 Å². The Morgan fingerprint density at radius 2 is 1.83 bits per heavy atom. The molecule has 0 aromatic heterocycles. The molecule has 2 N–H and O–H groups in total. The van der Waals surface area contributed by atoms with Crippen LogP contribution in [0.2, 0.25) is 5.02 Å². The van der Waals surface area contributed by atoms with Crippen LogP contribution in [-0.2, 0) is 4.79 Å². The Kier molecular flexibility index (Phi) is 5.24. The number of benzene rings is 2. The lowest BCUT2D eigenvalue weighted by atomic mass is 9.98. The van der Waals surface area contributed by atoms with E-state index in [1.165, 1.54) is 13.1 Å². The summed E-state index contributed by atoms with van der Waals surface area (Å²) in [5, 5.41) is 0.517. The normalized spacial score (nSPS) is 12.8. The minimum absolute atomic E-state index is 0.00656. The average Bonchev–Trinajstić information content (AvgIpc) is 2.53. The monoisotopic (exact) mass is 334 g/mol. The number of hydrogen-bond donors (Lipinski definition) is 1. The zero-order valence-electron chi connectivity index (χ0n) is 12.2. The van der Waals surface area contributed by atoms with Crippen LogP contribution in [0.4, 0.5) is 8.78 Å². The summed E-state index contributed by atoms with van der Waals surface area (Å²) >= 11 is 5.82. The molecule has 118 valence electrons. The number of allylic oxidation sites excluding steroid dienone is 1. The Balaban J connectivity index is 2.59. The fourth-order valence-electron chi connectivity index (χ4n) is 2.10. The van der Waals surface area contributed by atoms with Crippen molar-refractivity contribution in [3.63, 3.8) is 0 Å². The molecule has 23 heavy (non-hydrogen) atoms. The van der Waals surface area contributed by atoms with Crippen molar-refractivity contribution in [2.24, 2.45) is 10.7 Å². The van der Waals surface area contributed by atoms with Crippen molar-refractivity contribution in [1.82, 2.24) is 0 Å². The highest BCUT2D eigenvalue weighted by Gasteiger charge is 2.17. The zero-order chi connectivity index (χ0) is 17.0. The van der Waals surface area contributed by atoms with E-state index in [0.29, 0.717) is 16.9 Å². The molecule has 0 saturated heterocycles. The quantitative estimate of drug-likeness (QED) is 0.527. The maximum atomic E-state index is 14.0. The lowest BCUT2D eigenvalue weighted by molar-refractivity contribution is -0.104. The van der Waals surface area contributed by atoms with Crippen molar-refractivity contribution in [2.45, 2.75) is 0 Å². The van der Waals surface area contributed by atoms with Crippen LogP contribution in [0.15, 0.2) is 53.0 Å². The molecule has 0 unspecified atom stereocenters. The first-order chi connectivity index (χ1) is 11.0. The van der Waals surface area contributed by atoms with Gasteiger partial charge in [-0.3, -0.25) is 9.79 Å². The first-order valence-electron chi connectivity index (χ1n) is 6.61. The molecule has 0 heterocycles. The fraction of sp³-hybridized carbons (Fsp3) is 0.0588. The van der Waals surface area contributed by atoms with E-state index in [4.69, 9.17) is 17.3 Å². The second-order valence-corrected chi connectivity index (χ2v) is 5.08. The standard InChI is InChI=1S/C17H13ClF2N2O/c1-22-17(13-7-6-12(19)8-15(13)20)14(9-23)16(21)10-2-4-11(18)5-3-10/h2-9H,21H2,1H3. The van der Waals surface area contributed by atoms with E-state index in [1.54, 1.807) is 24.3 Å². The molecular weight excluding hydrogens is 322 g/mol. The van der Waals surface area contributed by atoms with Crippen LogP contribution in [0.1, 0.15) is 11.1 Å². The Morgan fingerprint density at radius 3 is 2.35 bits per heavy atom. The first kappa shape index (κ1) is 16.8. The summed E-state index contributed by atoms with van der Waals surface area (Å²) in [7, 11) is 1.40. The summed E-state index contributed by atoms with van der Waals surface area (Å²) in [5.41, 5.74) is 6.74. The molecule has 0 aliphatic carbocycles. The molecule has 3 nitrogen and oxygen atoms in total. The van der Waals surface area contributed by atoms with Gasteiger partial charge in [0.2, 0.25) is 0 Å². The highest BCUT2D eigenvalue weighted by atomic mass is 35.5. The predicted molar refractivity (Wildman–Crippen MR) is 87.4 cm³/mol.